The van der Waals surface area contributed by atoms with Crippen molar-refractivity contribution in [1.82, 2.24) is 14.8 Å². The minimum absolute atomic E-state index is 0.188. The second-order valence-corrected chi connectivity index (χ2v) is 7.29. The van der Waals surface area contributed by atoms with Crippen molar-refractivity contribution < 1.29 is 4.79 Å². The molecule has 1 amide bonds. The molecule has 3 rings (SSSR count). The Morgan fingerprint density at radius 3 is 2.65 bits per heavy atom. The number of thioether (sulfide) groups is 1. The van der Waals surface area contributed by atoms with E-state index in [0.29, 0.717) is 27.3 Å². The molecule has 0 unspecified atom stereocenters. The quantitative estimate of drug-likeness (QED) is 0.614. The molecule has 0 aliphatic rings. The van der Waals surface area contributed by atoms with Gasteiger partial charge in [0.1, 0.15) is 5.82 Å². The van der Waals surface area contributed by atoms with Crippen LogP contribution in [0.15, 0.2) is 53.7 Å². The Balaban J connectivity index is 1.59. The van der Waals surface area contributed by atoms with E-state index in [1.54, 1.807) is 18.2 Å². The van der Waals surface area contributed by atoms with E-state index in [1.165, 1.54) is 11.8 Å². The fraction of sp³-hybridized carbons (Fsp3) is 0.167. The maximum absolute atomic E-state index is 12.2. The topological polar surface area (TPSA) is 59.8 Å². The smallest absolute Gasteiger partial charge is 0.234 e. The van der Waals surface area contributed by atoms with E-state index >= 15 is 0 Å². The molecule has 0 atom stereocenters. The maximum atomic E-state index is 12.2. The van der Waals surface area contributed by atoms with E-state index in [2.05, 4.69) is 15.5 Å². The SMILES string of the molecule is Cn1c(Cc2ccccc2)nnc1SCC(=O)Nc1cccc(Cl)c1Cl. The molecule has 26 heavy (non-hydrogen) atoms. The lowest BCUT2D eigenvalue weighted by Crippen LogP contribution is -2.15. The molecule has 1 N–H and O–H groups in total. The third kappa shape index (κ3) is 4.58. The van der Waals surface area contributed by atoms with E-state index in [4.69, 9.17) is 23.2 Å². The van der Waals surface area contributed by atoms with Gasteiger partial charge in [-0.05, 0) is 17.7 Å². The van der Waals surface area contributed by atoms with Gasteiger partial charge in [-0.2, -0.15) is 0 Å². The van der Waals surface area contributed by atoms with Crippen LogP contribution in [0.4, 0.5) is 5.69 Å². The molecule has 134 valence electrons. The minimum Gasteiger partial charge on any atom is -0.324 e. The molecule has 0 bridgehead atoms. The molecule has 8 heteroatoms. The van der Waals surface area contributed by atoms with Gasteiger partial charge in [0.15, 0.2) is 5.16 Å². The third-order valence-electron chi connectivity index (χ3n) is 3.69. The Morgan fingerprint density at radius 2 is 1.88 bits per heavy atom. The highest BCUT2D eigenvalue weighted by molar-refractivity contribution is 7.99. The number of halogens is 2. The number of anilines is 1. The standard InChI is InChI=1S/C18H16Cl2N4OS/c1-24-15(10-12-6-3-2-4-7-12)22-23-18(24)26-11-16(25)21-14-9-5-8-13(19)17(14)20/h2-9H,10-11H2,1H3,(H,21,25). The molecular weight excluding hydrogens is 391 g/mol. The van der Waals surface area contributed by atoms with E-state index < -0.39 is 0 Å². The minimum atomic E-state index is -0.188. The van der Waals surface area contributed by atoms with Crippen LogP contribution in [-0.2, 0) is 18.3 Å². The number of hydrogen-bond donors (Lipinski definition) is 1. The average Bonchev–Trinajstić information content (AvgIpc) is 2.98. The van der Waals surface area contributed by atoms with Gasteiger partial charge in [0.25, 0.3) is 0 Å². The number of benzene rings is 2. The summed E-state index contributed by atoms with van der Waals surface area (Å²) in [5.74, 6) is 0.851. The number of carbonyl (C=O) groups is 1. The normalized spacial score (nSPS) is 10.7. The second-order valence-electron chi connectivity index (χ2n) is 5.56. The van der Waals surface area contributed by atoms with Crippen molar-refractivity contribution in [2.45, 2.75) is 11.6 Å². The predicted molar refractivity (Wildman–Crippen MR) is 106 cm³/mol. The average molecular weight is 407 g/mol. The summed E-state index contributed by atoms with van der Waals surface area (Å²) in [6.45, 7) is 0. The van der Waals surface area contributed by atoms with Crippen LogP contribution in [0.25, 0.3) is 0 Å². The second kappa shape index (κ2) is 8.58. The molecule has 0 radical (unpaired) electrons. The van der Waals surface area contributed by atoms with Crippen molar-refractivity contribution in [3.63, 3.8) is 0 Å². The number of nitrogens with one attached hydrogen (secondary N) is 1. The zero-order valence-corrected chi connectivity index (χ0v) is 16.3. The third-order valence-corrected chi connectivity index (χ3v) is 5.53. The van der Waals surface area contributed by atoms with Crippen LogP contribution in [0.1, 0.15) is 11.4 Å². The van der Waals surface area contributed by atoms with E-state index in [0.717, 1.165) is 11.4 Å². The summed E-state index contributed by atoms with van der Waals surface area (Å²) >= 11 is 13.3. The summed E-state index contributed by atoms with van der Waals surface area (Å²) < 4.78 is 1.90. The molecule has 0 aliphatic heterocycles. The van der Waals surface area contributed by atoms with Crippen molar-refractivity contribution in [1.29, 1.82) is 0 Å². The van der Waals surface area contributed by atoms with Gasteiger partial charge in [-0.25, -0.2) is 0 Å². The zero-order chi connectivity index (χ0) is 18.5. The molecule has 1 aromatic heterocycles. The molecule has 0 saturated carbocycles. The summed E-state index contributed by atoms with van der Waals surface area (Å²) in [5.41, 5.74) is 1.65. The summed E-state index contributed by atoms with van der Waals surface area (Å²) in [6, 6.07) is 15.2. The van der Waals surface area contributed by atoms with Gasteiger partial charge in [0.05, 0.1) is 21.5 Å². The van der Waals surface area contributed by atoms with Gasteiger partial charge in [-0.15, -0.1) is 10.2 Å². The fourth-order valence-corrected chi connectivity index (χ4v) is 3.40. The van der Waals surface area contributed by atoms with E-state index in [1.807, 2.05) is 41.9 Å². The first-order valence-electron chi connectivity index (χ1n) is 7.83. The first-order chi connectivity index (χ1) is 12.5. The van der Waals surface area contributed by atoms with Crippen molar-refractivity contribution in [2.75, 3.05) is 11.1 Å². The Bertz CT molecular complexity index is 915. The number of carbonyl (C=O) groups excluding carboxylic acids is 1. The molecule has 5 nitrogen and oxygen atoms in total. The Labute approximate surface area is 165 Å². The van der Waals surface area contributed by atoms with Crippen LogP contribution < -0.4 is 5.32 Å². The van der Waals surface area contributed by atoms with Gasteiger partial charge in [-0.1, -0.05) is 71.4 Å². The lowest BCUT2D eigenvalue weighted by Gasteiger charge is -2.08. The highest BCUT2D eigenvalue weighted by atomic mass is 35.5. The molecule has 0 aliphatic carbocycles. The lowest BCUT2D eigenvalue weighted by atomic mass is 10.1. The van der Waals surface area contributed by atoms with Crippen molar-refractivity contribution in [2.24, 2.45) is 7.05 Å². The van der Waals surface area contributed by atoms with Crippen LogP contribution in [0, 0.1) is 0 Å². The van der Waals surface area contributed by atoms with Gasteiger partial charge in [0, 0.05) is 13.5 Å². The highest BCUT2D eigenvalue weighted by Gasteiger charge is 2.13. The molecule has 0 fully saturated rings. The number of hydrogen-bond acceptors (Lipinski definition) is 4. The van der Waals surface area contributed by atoms with Crippen molar-refractivity contribution in [3.05, 3.63) is 70.0 Å². The van der Waals surface area contributed by atoms with Crippen LogP contribution in [0.2, 0.25) is 10.0 Å². The van der Waals surface area contributed by atoms with Gasteiger partial charge >= 0.3 is 0 Å². The van der Waals surface area contributed by atoms with Crippen LogP contribution >= 0.6 is 35.0 Å². The summed E-state index contributed by atoms with van der Waals surface area (Å²) in [7, 11) is 1.90. The molecule has 2 aromatic carbocycles. The monoisotopic (exact) mass is 406 g/mol. The molecule has 3 aromatic rings. The van der Waals surface area contributed by atoms with E-state index in [9.17, 15) is 4.79 Å². The van der Waals surface area contributed by atoms with Crippen LogP contribution in [0.3, 0.4) is 0 Å². The molecular formula is C18H16Cl2N4OS. The summed E-state index contributed by atoms with van der Waals surface area (Å²) in [4.78, 5) is 12.2. The number of nitrogens with zero attached hydrogens (tertiary/aromatic N) is 3. The van der Waals surface area contributed by atoms with Gasteiger partial charge in [-0.3, -0.25) is 4.79 Å². The first kappa shape index (κ1) is 18.8. The number of aromatic nitrogens is 3. The highest BCUT2D eigenvalue weighted by Crippen LogP contribution is 2.29. The Kier molecular flexibility index (Phi) is 6.19. The summed E-state index contributed by atoms with van der Waals surface area (Å²) in [6.07, 6.45) is 0.690. The number of rotatable bonds is 6. The largest absolute Gasteiger partial charge is 0.324 e. The Hall–Kier alpha value is -2.02. The predicted octanol–water partition coefficient (Wildman–Crippen LogP) is 4.44. The fourth-order valence-electron chi connectivity index (χ4n) is 2.32. The van der Waals surface area contributed by atoms with Crippen molar-refractivity contribution >= 4 is 46.6 Å². The first-order valence-corrected chi connectivity index (χ1v) is 9.57. The van der Waals surface area contributed by atoms with E-state index in [-0.39, 0.29) is 11.7 Å². The zero-order valence-electron chi connectivity index (χ0n) is 13.9. The van der Waals surface area contributed by atoms with Gasteiger partial charge in [0.2, 0.25) is 5.91 Å². The van der Waals surface area contributed by atoms with Gasteiger partial charge < -0.3 is 9.88 Å². The molecule has 0 saturated heterocycles. The van der Waals surface area contributed by atoms with Crippen LogP contribution in [0.5, 0.6) is 0 Å². The van der Waals surface area contributed by atoms with Crippen molar-refractivity contribution in [3.8, 4) is 0 Å². The maximum Gasteiger partial charge on any atom is 0.234 e. The lowest BCUT2D eigenvalue weighted by molar-refractivity contribution is -0.113. The number of amides is 1. The molecule has 1 heterocycles. The van der Waals surface area contributed by atoms with Crippen LogP contribution in [-0.4, -0.2) is 26.4 Å². The molecule has 0 spiro atoms. The summed E-state index contributed by atoms with van der Waals surface area (Å²) in [5, 5.41) is 12.6. The Morgan fingerprint density at radius 1 is 1.12 bits per heavy atom.